The maximum atomic E-state index is 12.6. The Morgan fingerprint density at radius 1 is 0.967 bits per heavy atom. The van der Waals surface area contributed by atoms with Crippen molar-refractivity contribution >= 4 is 11.6 Å². The lowest BCUT2D eigenvalue weighted by molar-refractivity contribution is -0.117. The minimum absolute atomic E-state index is 0.0241. The number of para-hydroxylation sites is 1. The lowest BCUT2D eigenvalue weighted by atomic mass is 10.0. The van der Waals surface area contributed by atoms with Crippen molar-refractivity contribution in [1.82, 2.24) is 4.90 Å². The fourth-order valence-electron chi connectivity index (χ4n) is 3.26. The average Bonchev–Trinajstić information content (AvgIpc) is 2.75. The molecule has 0 radical (unpaired) electrons. The zero-order valence-electron chi connectivity index (χ0n) is 17.4. The molecule has 3 aromatic carbocycles. The van der Waals surface area contributed by atoms with Crippen molar-refractivity contribution in [3.63, 3.8) is 0 Å². The van der Waals surface area contributed by atoms with Gasteiger partial charge >= 0.3 is 0 Å². The van der Waals surface area contributed by atoms with Crippen LogP contribution in [-0.4, -0.2) is 31.0 Å². The van der Waals surface area contributed by atoms with Crippen molar-refractivity contribution in [2.45, 2.75) is 13.0 Å². The predicted molar refractivity (Wildman–Crippen MR) is 123 cm³/mol. The van der Waals surface area contributed by atoms with Gasteiger partial charge in [-0.1, -0.05) is 73.3 Å². The normalized spacial score (nSPS) is 10.6. The highest BCUT2D eigenvalue weighted by molar-refractivity contribution is 5.93. The molecule has 0 aliphatic heterocycles. The zero-order valence-corrected chi connectivity index (χ0v) is 17.4. The summed E-state index contributed by atoms with van der Waals surface area (Å²) in [6.45, 7) is 5.13. The van der Waals surface area contributed by atoms with Crippen LogP contribution in [0.2, 0.25) is 0 Å². The van der Waals surface area contributed by atoms with E-state index in [1.54, 1.807) is 6.08 Å². The highest BCUT2D eigenvalue weighted by Crippen LogP contribution is 2.19. The minimum Gasteiger partial charge on any atom is -0.490 e. The Morgan fingerprint density at radius 2 is 1.67 bits per heavy atom. The molecule has 0 aromatic heterocycles. The van der Waals surface area contributed by atoms with E-state index in [1.165, 1.54) is 5.56 Å². The van der Waals surface area contributed by atoms with E-state index in [2.05, 4.69) is 30.1 Å². The smallest absolute Gasteiger partial charge is 0.238 e. The summed E-state index contributed by atoms with van der Waals surface area (Å²) in [4.78, 5) is 14.6. The summed E-state index contributed by atoms with van der Waals surface area (Å²) in [5, 5.41) is 3.07. The maximum absolute atomic E-state index is 12.6. The molecular weight excluding hydrogens is 372 g/mol. The largest absolute Gasteiger partial charge is 0.490 e. The van der Waals surface area contributed by atoms with Crippen molar-refractivity contribution in [2.24, 2.45) is 0 Å². The summed E-state index contributed by atoms with van der Waals surface area (Å²) >= 11 is 0. The van der Waals surface area contributed by atoms with E-state index in [0.717, 1.165) is 29.0 Å². The fourth-order valence-corrected chi connectivity index (χ4v) is 3.26. The number of benzene rings is 3. The maximum Gasteiger partial charge on any atom is 0.238 e. The second-order valence-corrected chi connectivity index (χ2v) is 7.28. The van der Waals surface area contributed by atoms with E-state index < -0.39 is 0 Å². The number of ether oxygens (including phenoxy) is 1. The van der Waals surface area contributed by atoms with Crippen LogP contribution in [0.15, 0.2) is 91.5 Å². The second-order valence-electron chi connectivity index (χ2n) is 7.28. The number of hydrogen-bond donors (Lipinski definition) is 1. The minimum atomic E-state index is -0.0241. The molecule has 4 nitrogen and oxygen atoms in total. The van der Waals surface area contributed by atoms with Gasteiger partial charge in [0.1, 0.15) is 12.4 Å². The van der Waals surface area contributed by atoms with Crippen LogP contribution in [0.5, 0.6) is 5.75 Å². The van der Waals surface area contributed by atoms with Gasteiger partial charge in [0.2, 0.25) is 5.91 Å². The van der Waals surface area contributed by atoms with Gasteiger partial charge < -0.3 is 10.1 Å². The van der Waals surface area contributed by atoms with Crippen molar-refractivity contribution < 1.29 is 9.53 Å². The molecule has 0 atom stereocenters. The fraction of sp³-hybridized carbons (Fsp3) is 0.192. The van der Waals surface area contributed by atoms with Crippen LogP contribution in [0.4, 0.5) is 5.69 Å². The first-order valence-corrected chi connectivity index (χ1v) is 10.1. The Hall–Kier alpha value is -3.37. The third kappa shape index (κ3) is 6.61. The van der Waals surface area contributed by atoms with Gasteiger partial charge in [0.05, 0.1) is 6.54 Å². The molecule has 0 saturated heterocycles. The van der Waals surface area contributed by atoms with Crippen molar-refractivity contribution in [2.75, 3.05) is 25.5 Å². The monoisotopic (exact) mass is 400 g/mol. The summed E-state index contributed by atoms with van der Waals surface area (Å²) in [7, 11) is 1.94. The Kier molecular flexibility index (Phi) is 7.81. The van der Waals surface area contributed by atoms with Gasteiger partial charge in [-0.25, -0.2) is 0 Å². The molecule has 0 saturated carbocycles. The molecule has 0 unspecified atom stereocenters. The molecule has 3 rings (SSSR count). The standard InChI is InChI=1S/C26H28N2O2/c1-3-17-30-24-15-13-22(14-16-24)19-28(2)20-26(29)27-25-12-8-7-11-23(25)18-21-9-5-4-6-10-21/h3-16H,1,17-20H2,2H3,(H,27,29). The van der Waals surface area contributed by atoms with Gasteiger partial charge in [-0.3, -0.25) is 9.69 Å². The summed E-state index contributed by atoms with van der Waals surface area (Å²) in [5.74, 6) is 0.790. The SMILES string of the molecule is C=CCOc1ccc(CN(C)CC(=O)Nc2ccccc2Cc2ccccc2)cc1. The van der Waals surface area contributed by atoms with Gasteiger partial charge in [-0.2, -0.15) is 0 Å². The first-order valence-electron chi connectivity index (χ1n) is 10.1. The second kappa shape index (κ2) is 11.0. The summed E-state index contributed by atoms with van der Waals surface area (Å²) in [6, 6.07) is 26.1. The zero-order chi connectivity index (χ0) is 21.2. The molecule has 3 aromatic rings. The Bertz CT molecular complexity index is 952. The van der Waals surface area contributed by atoms with E-state index >= 15 is 0 Å². The van der Waals surface area contributed by atoms with Crippen LogP contribution in [0.1, 0.15) is 16.7 Å². The number of carbonyl (C=O) groups excluding carboxylic acids is 1. The molecule has 0 aliphatic carbocycles. The molecule has 4 heteroatoms. The van der Waals surface area contributed by atoms with E-state index in [0.29, 0.717) is 19.7 Å². The number of likely N-dealkylation sites (N-methyl/N-ethyl adjacent to an activating group) is 1. The number of amides is 1. The van der Waals surface area contributed by atoms with Crippen molar-refractivity contribution in [3.05, 3.63) is 108 Å². The number of anilines is 1. The number of nitrogens with one attached hydrogen (secondary N) is 1. The first-order chi connectivity index (χ1) is 14.6. The van der Waals surface area contributed by atoms with Gasteiger partial charge in [0.25, 0.3) is 0 Å². The van der Waals surface area contributed by atoms with E-state index in [9.17, 15) is 4.79 Å². The molecule has 0 heterocycles. The lowest BCUT2D eigenvalue weighted by Crippen LogP contribution is -2.30. The van der Waals surface area contributed by atoms with Crippen LogP contribution < -0.4 is 10.1 Å². The molecular formula is C26H28N2O2. The molecule has 154 valence electrons. The van der Waals surface area contributed by atoms with E-state index in [1.807, 2.05) is 72.6 Å². The summed E-state index contributed by atoms with van der Waals surface area (Å²) in [6.07, 6.45) is 2.51. The lowest BCUT2D eigenvalue weighted by Gasteiger charge is -2.18. The average molecular weight is 401 g/mol. The van der Waals surface area contributed by atoms with Crippen LogP contribution in [0.25, 0.3) is 0 Å². The number of rotatable bonds is 10. The van der Waals surface area contributed by atoms with Gasteiger partial charge in [-0.05, 0) is 48.4 Å². The van der Waals surface area contributed by atoms with Gasteiger partial charge in [-0.15, -0.1) is 0 Å². The van der Waals surface area contributed by atoms with Crippen molar-refractivity contribution in [3.8, 4) is 5.75 Å². The van der Waals surface area contributed by atoms with Crippen LogP contribution in [-0.2, 0) is 17.8 Å². The summed E-state index contributed by atoms with van der Waals surface area (Å²) < 4.78 is 5.50. The Balaban J connectivity index is 1.54. The van der Waals surface area contributed by atoms with Crippen LogP contribution in [0.3, 0.4) is 0 Å². The molecule has 30 heavy (non-hydrogen) atoms. The molecule has 1 N–H and O–H groups in total. The van der Waals surface area contributed by atoms with E-state index in [-0.39, 0.29) is 5.91 Å². The highest BCUT2D eigenvalue weighted by Gasteiger charge is 2.10. The number of nitrogens with zero attached hydrogens (tertiary/aromatic N) is 1. The Labute approximate surface area is 178 Å². The molecule has 0 aliphatic rings. The first kappa shape index (κ1) is 21.3. The number of hydrogen-bond acceptors (Lipinski definition) is 3. The quantitative estimate of drug-likeness (QED) is 0.492. The van der Waals surface area contributed by atoms with E-state index in [4.69, 9.17) is 4.74 Å². The molecule has 0 bridgehead atoms. The third-order valence-electron chi connectivity index (χ3n) is 4.69. The molecule has 0 fully saturated rings. The highest BCUT2D eigenvalue weighted by atomic mass is 16.5. The summed E-state index contributed by atoms with van der Waals surface area (Å²) in [5.41, 5.74) is 4.32. The predicted octanol–water partition coefficient (Wildman–Crippen LogP) is 4.91. The van der Waals surface area contributed by atoms with Gasteiger partial charge in [0.15, 0.2) is 0 Å². The number of carbonyl (C=O) groups is 1. The van der Waals surface area contributed by atoms with Crippen molar-refractivity contribution in [1.29, 1.82) is 0 Å². The Morgan fingerprint density at radius 3 is 2.40 bits per heavy atom. The van der Waals surface area contributed by atoms with Crippen LogP contribution in [0, 0.1) is 0 Å². The third-order valence-corrected chi connectivity index (χ3v) is 4.69. The topological polar surface area (TPSA) is 41.6 Å². The molecule has 0 spiro atoms. The molecule has 1 amide bonds. The van der Waals surface area contributed by atoms with Crippen LogP contribution >= 0.6 is 0 Å². The van der Waals surface area contributed by atoms with Gasteiger partial charge in [0, 0.05) is 12.2 Å².